The van der Waals surface area contributed by atoms with Gasteiger partial charge in [-0.15, -0.1) is 0 Å². The largest absolute Gasteiger partial charge is 0.376 e. The van der Waals surface area contributed by atoms with Gasteiger partial charge in [0.15, 0.2) is 0 Å². The van der Waals surface area contributed by atoms with Crippen molar-refractivity contribution in [2.24, 2.45) is 0 Å². The molecule has 7 nitrogen and oxygen atoms in total. The van der Waals surface area contributed by atoms with Gasteiger partial charge in [-0.2, -0.15) is 4.31 Å². The first-order chi connectivity index (χ1) is 11.2. The first-order valence-electron chi connectivity index (χ1n) is 7.80. The highest BCUT2D eigenvalue weighted by Crippen LogP contribution is 2.11. The highest BCUT2D eigenvalue weighted by molar-refractivity contribution is 7.89. The molecule has 0 bridgehead atoms. The number of nitrogens with one attached hydrogen (secondary N) is 1. The Labute approximate surface area is 144 Å². The molecule has 1 N–H and O–H groups in total. The maximum Gasteiger partial charge on any atom is 0.215 e. The maximum absolute atomic E-state index is 12.3. The molecular formula is C15H24N2O5S2. The lowest BCUT2D eigenvalue weighted by Gasteiger charge is -2.30. The van der Waals surface area contributed by atoms with Crippen LogP contribution in [0.4, 0.5) is 0 Å². The van der Waals surface area contributed by atoms with Gasteiger partial charge in [0.25, 0.3) is 0 Å². The van der Waals surface area contributed by atoms with Crippen molar-refractivity contribution in [3.8, 4) is 0 Å². The van der Waals surface area contributed by atoms with E-state index in [0.717, 1.165) is 5.56 Å². The van der Waals surface area contributed by atoms with E-state index in [1.54, 1.807) is 18.2 Å². The fraction of sp³-hybridized carbons (Fsp3) is 0.600. The quantitative estimate of drug-likeness (QED) is 0.746. The predicted octanol–water partition coefficient (Wildman–Crippen LogP) is 0.465. The molecule has 1 aliphatic heterocycles. The van der Waals surface area contributed by atoms with E-state index in [-0.39, 0.29) is 24.2 Å². The molecule has 0 aromatic heterocycles. The first kappa shape index (κ1) is 19.3. The minimum Gasteiger partial charge on any atom is -0.376 e. The number of morpholine rings is 1. The highest BCUT2D eigenvalue weighted by atomic mass is 32.2. The number of sulfonamides is 2. The monoisotopic (exact) mass is 376 g/mol. The SMILES string of the molecule is Cc1cccc(CS(=O)(=O)NCCS(=O)(=O)N2CCOC(C)C2)c1. The Kier molecular flexibility index (Phi) is 6.38. The fourth-order valence-corrected chi connectivity index (χ4v) is 5.24. The summed E-state index contributed by atoms with van der Waals surface area (Å²) in [5, 5.41) is 0. The van der Waals surface area contributed by atoms with Gasteiger partial charge in [0.1, 0.15) is 0 Å². The molecule has 1 saturated heterocycles. The van der Waals surface area contributed by atoms with E-state index in [9.17, 15) is 16.8 Å². The molecule has 0 amide bonds. The summed E-state index contributed by atoms with van der Waals surface area (Å²) in [7, 11) is -7.06. The molecule has 9 heteroatoms. The zero-order valence-electron chi connectivity index (χ0n) is 13.9. The Morgan fingerprint density at radius 1 is 1.29 bits per heavy atom. The minimum atomic E-state index is -3.57. The summed E-state index contributed by atoms with van der Waals surface area (Å²) in [5.74, 6) is -0.421. The van der Waals surface area contributed by atoms with Crippen LogP contribution in [0.5, 0.6) is 0 Å². The van der Waals surface area contributed by atoms with Crippen LogP contribution in [0.3, 0.4) is 0 Å². The third-order valence-electron chi connectivity index (χ3n) is 3.72. The van der Waals surface area contributed by atoms with Crippen molar-refractivity contribution in [3.05, 3.63) is 35.4 Å². The molecule has 0 saturated carbocycles. The first-order valence-corrected chi connectivity index (χ1v) is 11.1. The number of rotatable bonds is 7. The third-order valence-corrected chi connectivity index (χ3v) is 6.91. The second-order valence-electron chi connectivity index (χ2n) is 6.00. The number of hydrogen-bond acceptors (Lipinski definition) is 5. The molecule has 0 aliphatic carbocycles. The van der Waals surface area contributed by atoms with Crippen molar-refractivity contribution in [2.75, 3.05) is 32.0 Å². The topological polar surface area (TPSA) is 92.8 Å². The normalized spacial score (nSPS) is 20.2. The Balaban J connectivity index is 1.88. The molecule has 2 rings (SSSR count). The van der Waals surface area contributed by atoms with Crippen LogP contribution in [0.15, 0.2) is 24.3 Å². The van der Waals surface area contributed by atoms with Gasteiger partial charge in [0.05, 0.1) is 24.2 Å². The lowest BCUT2D eigenvalue weighted by atomic mass is 10.2. The summed E-state index contributed by atoms with van der Waals surface area (Å²) in [5.41, 5.74) is 1.65. The number of benzene rings is 1. The van der Waals surface area contributed by atoms with E-state index >= 15 is 0 Å². The number of hydrogen-bond donors (Lipinski definition) is 1. The Hall–Kier alpha value is -1.00. The van der Waals surface area contributed by atoms with Gasteiger partial charge >= 0.3 is 0 Å². The molecular weight excluding hydrogens is 352 g/mol. The summed E-state index contributed by atoms with van der Waals surface area (Å²) < 4.78 is 57.7. The standard InChI is InChI=1S/C15H24N2O5S2/c1-13-4-3-5-15(10-13)12-23(18,19)16-6-9-24(20,21)17-7-8-22-14(2)11-17/h3-5,10,14,16H,6-9,11-12H2,1-2H3. The molecule has 24 heavy (non-hydrogen) atoms. The Bertz CT molecular complexity index is 762. The number of ether oxygens (including phenoxy) is 1. The maximum atomic E-state index is 12.3. The summed E-state index contributed by atoms with van der Waals surface area (Å²) in [6, 6.07) is 7.22. The fourth-order valence-electron chi connectivity index (χ4n) is 2.57. The van der Waals surface area contributed by atoms with Crippen LogP contribution in [0.1, 0.15) is 18.1 Å². The van der Waals surface area contributed by atoms with Gasteiger partial charge in [0, 0.05) is 19.6 Å². The van der Waals surface area contributed by atoms with Crippen molar-refractivity contribution in [1.29, 1.82) is 0 Å². The van der Waals surface area contributed by atoms with Crippen LogP contribution in [-0.2, 0) is 30.5 Å². The average molecular weight is 377 g/mol. The van der Waals surface area contributed by atoms with E-state index in [1.807, 2.05) is 19.9 Å². The molecule has 0 spiro atoms. The molecule has 0 radical (unpaired) electrons. The van der Waals surface area contributed by atoms with Crippen LogP contribution in [0, 0.1) is 6.92 Å². The average Bonchev–Trinajstić information content (AvgIpc) is 2.46. The lowest BCUT2D eigenvalue weighted by Crippen LogP contribution is -2.46. The van der Waals surface area contributed by atoms with Crippen molar-refractivity contribution in [1.82, 2.24) is 9.03 Å². The van der Waals surface area contributed by atoms with Crippen LogP contribution >= 0.6 is 0 Å². The van der Waals surface area contributed by atoms with E-state index < -0.39 is 20.0 Å². The number of nitrogens with zero attached hydrogens (tertiary/aromatic N) is 1. The Morgan fingerprint density at radius 3 is 2.71 bits per heavy atom. The summed E-state index contributed by atoms with van der Waals surface area (Å²) in [6.07, 6.45) is -0.147. The van der Waals surface area contributed by atoms with Crippen molar-refractivity contribution in [3.63, 3.8) is 0 Å². The van der Waals surface area contributed by atoms with Crippen LogP contribution in [0.25, 0.3) is 0 Å². The second kappa shape index (κ2) is 7.92. The Morgan fingerprint density at radius 2 is 2.04 bits per heavy atom. The number of aryl methyl sites for hydroxylation is 1. The molecule has 1 unspecified atom stereocenters. The zero-order valence-corrected chi connectivity index (χ0v) is 15.6. The molecule has 1 fully saturated rings. The van der Waals surface area contributed by atoms with E-state index in [0.29, 0.717) is 25.3 Å². The van der Waals surface area contributed by atoms with E-state index in [4.69, 9.17) is 4.74 Å². The van der Waals surface area contributed by atoms with Crippen molar-refractivity contribution in [2.45, 2.75) is 25.7 Å². The van der Waals surface area contributed by atoms with Gasteiger partial charge in [-0.1, -0.05) is 29.8 Å². The van der Waals surface area contributed by atoms with E-state index in [2.05, 4.69) is 4.72 Å². The molecule has 1 aliphatic rings. The predicted molar refractivity (Wildman–Crippen MR) is 92.6 cm³/mol. The van der Waals surface area contributed by atoms with Crippen LogP contribution < -0.4 is 4.72 Å². The van der Waals surface area contributed by atoms with Gasteiger partial charge in [0.2, 0.25) is 20.0 Å². The van der Waals surface area contributed by atoms with Gasteiger partial charge in [-0.25, -0.2) is 21.6 Å². The van der Waals surface area contributed by atoms with Gasteiger partial charge < -0.3 is 4.74 Å². The van der Waals surface area contributed by atoms with Crippen LogP contribution in [0.2, 0.25) is 0 Å². The molecule has 136 valence electrons. The zero-order chi connectivity index (χ0) is 17.8. The summed E-state index contributed by atoms with van der Waals surface area (Å²) in [4.78, 5) is 0. The minimum absolute atomic E-state index is 0.137. The highest BCUT2D eigenvalue weighted by Gasteiger charge is 2.27. The van der Waals surface area contributed by atoms with Crippen molar-refractivity contribution >= 4 is 20.0 Å². The molecule has 1 aromatic rings. The molecule has 1 aromatic carbocycles. The van der Waals surface area contributed by atoms with Crippen LogP contribution in [-0.4, -0.2) is 59.2 Å². The molecule has 1 heterocycles. The van der Waals surface area contributed by atoms with Gasteiger partial charge in [-0.3, -0.25) is 0 Å². The smallest absolute Gasteiger partial charge is 0.215 e. The van der Waals surface area contributed by atoms with E-state index in [1.165, 1.54) is 4.31 Å². The van der Waals surface area contributed by atoms with Gasteiger partial charge in [-0.05, 0) is 19.4 Å². The second-order valence-corrected chi connectivity index (χ2v) is 9.89. The molecule has 1 atom stereocenters. The summed E-state index contributed by atoms with van der Waals surface area (Å²) in [6.45, 7) is 4.54. The summed E-state index contributed by atoms with van der Waals surface area (Å²) >= 11 is 0. The third kappa shape index (κ3) is 5.82. The lowest BCUT2D eigenvalue weighted by molar-refractivity contribution is 0.0102. The van der Waals surface area contributed by atoms with Crippen molar-refractivity contribution < 1.29 is 21.6 Å².